The maximum atomic E-state index is 14.6. The number of carbonyl (C=O) groups is 2. The number of Topliss-reactive ketones (excluding diaryl/α,β-unsaturated/α-hetero) is 1. The molecule has 5 aliphatic rings. The topological polar surface area (TPSA) is 123 Å². The van der Waals surface area contributed by atoms with Gasteiger partial charge in [0, 0.05) is 54.7 Å². The molecule has 0 spiro atoms. The zero-order chi connectivity index (χ0) is 39.4. The molecule has 2 bridgehead atoms. The molecule has 4 fully saturated rings. The number of aromatic nitrogens is 2. The number of hydrogen-bond donors (Lipinski definition) is 2. The highest BCUT2D eigenvalue weighted by molar-refractivity contribution is 6.36. The predicted molar refractivity (Wildman–Crippen MR) is 202 cm³/mol. The zero-order valence-electron chi connectivity index (χ0n) is 31.0. The number of carboxylic acid groups (broad SMARTS) is 1. The number of nitrogens with one attached hydrogen (secondary N) is 1. The molecule has 9 rings (SSSR count). The Kier molecular flexibility index (Phi) is 10.2. The van der Waals surface area contributed by atoms with Crippen molar-refractivity contribution in [2.45, 2.75) is 75.9 Å². The summed E-state index contributed by atoms with van der Waals surface area (Å²) in [5.41, 5.74) is 3.48. The molecule has 56 heavy (non-hydrogen) atoms. The number of halogens is 4. The molecule has 2 atom stereocenters. The lowest BCUT2D eigenvalue weighted by atomic mass is 9.73. The SMILES string of the molecule is COc1nc(-c2cccc(-c3cccc4c3CC[C@@H]4Oc3nc(OC)c(CN4CC5CC4(C(=O)O)C5)cc3C(F)(F)F)c2Cl)ccc1CNC[C@@H]1CCC(=O)C1. The van der Waals surface area contributed by atoms with E-state index in [0.29, 0.717) is 85.5 Å². The Morgan fingerprint density at radius 3 is 2.41 bits per heavy atom. The van der Waals surface area contributed by atoms with Crippen molar-refractivity contribution in [1.29, 1.82) is 0 Å². The summed E-state index contributed by atoms with van der Waals surface area (Å²) in [7, 11) is 2.90. The van der Waals surface area contributed by atoms with Crippen molar-refractivity contribution in [2.24, 2.45) is 11.8 Å². The third-order valence-corrected chi connectivity index (χ3v) is 12.3. The van der Waals surface area contributed by atoms with Crippen LogP contribution in [0.5, 0.6) is 17.6 Å². The van der Waals surface area contributed by atoms with E-state index in [1.165, 1.54) is 7.11 Å². The van der Waals surface area contributed by atoms with Gasteiger partial charge in [0.25, 0.3) is 0 Å². The summed E-state index contributed by atoms with van der Waals surface area (Å²) in [4.78, 5) is 34.5. The predicted octanol–water partition coefficient (Wildman–Crippen LogP) is 8.07. The van der Waals surface area contributed by atoms with Gasteiger partial charge in [-0.25, -0.2) is 4.98 Å². The monoisotopic (exact) mass is 790 g/mol. The molecule has 294 valence electrons. The van der Waals surface area contributed by atoms with Gasteiger partial charge < -0.3 is 24.6 Å². The fraction of sp³-hybridized carbons (Fsp3) is 0.429. The van der Waals surface area contributed by atoms with E-state index < -0.39 is 35.2 Å². The van der Waals surface area contributed by atoms with Gasteiger partial charge in [-0.1, -0.05) is 54.1 Å². The third-order valence-electron chi connectivity index (χ3n) is 11.9. The van der Waals surface area contributed by atoms with Crippen molar-refractivity contribution in [3.05, 3.63) is 87.4 Å². The van der Waals surface area contributed by atoms with E-state index in [0.717, 1.165) is 46.8 Å². The van der Waals surface area contributed by atoms with Gasteiger partial charge in [-0.05, 0) is 79.3 Å². The van der Waals surface area contributed by atoms with Crippen molar-refractivity contribution >= 4 is 23.4 Å². The van der Waals surface area contributed by atoms with Crippen LogP contribution in [0.3, 0.4) is 0 Å². The molecule has 10 nitrogen and oxygen atoms in total. The first-order valence-corrected chi connectivity index (χ1v) is 19.2. The van der Waals surface area contributed by atoms with Crippen LogP contribution in [0.4, 0.5) is 13.2 Å². The van der Waals surface area contributed by atoms with E-state index in [4.69, 9.17) is 30.8 Å². The fourth-order valence-electron chi connectivity index (χ4n) is 9.08. The van der Waals surface area contributed by atoms with E-state index in [-0.39, 0.29) is 23.9 Å². The first-order chi connectivity index (χ1) is 26.9. The summed E-state index contributed by atoms with van der Waals surface area (Å²) in [6.07, 6.45) is -1.44. The molecule has 0 amide bonds. The lowest BCUT2D eigenvalue weighted by Crippen LogP contribution is -2.52. The lowest BCUT2D eigenvalue weighted by Gasteiger charge is -2.38. The second kappa shape index (κ2) is 15.0. The minimum Gasteiger partial charge on any atom is -0.481 e. The van der Waals surface area contributed by atoms with Crippen LogP contribution in [0, 0.1) is 11.8 Å². The van der Waals surface area contributed by atoms with Crippen molar-refractivity contribution in [1.82, 2.24) is 20.2 Å². The highest BCUT2D eigenvalue weighted by Gasteiger charge is 2.61. The number of ether oxygens (including phenoxy) is 3. The number of hydrogen-bond acceptors (Lipinski definition) is 9. The van der Waals surface area contributed by atoms with Crippen LogP contribution in [0.15, 0.2) is 54.6 Å². The Labute approximate surface area is 327 Å². The van der Waals surface area contributed by atoms with E-state index in [1.54, 1.807) is 12.0 Å². The maximum Gasteiger partial charge on any atom is 0.421 e. The quantitative estimate of drug-likeness (QED) is 0.138. The van der Waals surface area contributed by atoms with Gasteiger partial charge in [0.15, 0.2) is 0 Å². The highest BCUT2D eigenvalue weighted by Crippen LogP contribution is 2.52. The van der Waals surface area contributed by atoms with Crippen LogP contribution in [0.1, 0.15) is 72.4 Å². The molecule has 2 saturated heterocycles. The molecule has 2 aromatic carbocycles. The van der Waals surface area contributed by atoms with Crippen molar-refractivity contribution in [3.63, 3.8) is 0 Å². The molecule has 2 N–H and O–H groups in total. The van der Waals surface area contributed by atoms with Crippen LogP contribution in [0.25, 0.3) is 22.4 Å². The van der Waals surface area contributed by atoms with E-state index in [1.807, 2.05) is 48.5 Å². The number of fused-ring (bicyclic) bond motifs is 2. The average molecular weight is 791 g/mol. The molecule has 0 radical (unpaired) electrons. The van der Waals surface area contributed by atoms with Crippen molar-refractivity contribution in [3.8, 4) is 40.0 Å². The van der Waals surface area contributed by atoms with Gasteiger partial charge in [-0.2, -0.15) is 18.2 Å². The maximum absolute atomic E-state index is 14.6. The number of nitrogens with zero attached hydrogens (tertiary/aromatic N) is 3. The molecule has 2 aromatic heterocycles. The molecule has 2 saturated carbocycles. The van der Waals surface area contributed by atoms with Crippen molar-refractivity contribution < 1.29 is 42.1 Å². The summed E-state index contributed by atoms with van der Waals surface area (Å²) in [5.74, 6) is -0.257. The van der Waals surface area contributed by atoms with Crippen molar-refractivity contribution in [2.75, 3.05) is 27.3 Å². The standard InChI is InChI=1S/C42H42ClF3N4O6/c1-54-37-25(20-47-19-23-9-11-27(51)15-23)10-13-34(48-37)32-8-4-7-31(36(32)43)28-5-3-6-30-29(28)12-14-35(30)56-39-33(42(44,45)46)16-26(38(49-39)55-2)22-50-21-24-17-41(50,18-24)40(52)53/h3-8,10,13,16,23-24,35,47H,9,11-12,14-15,17-22H2,1-2H3,(H,52,53)/t23-,24?,35+,41?/m1/s1. The summed E-state index contributed by atoms with van der Waals surface area (Å²) >= 11 is 7.13. The van der Waals surface area contributed by atoms with Gasteiger partial charge in [-0.15, -0.1) is 0 Å². The van der Waals surface area contributed by atoms with Gasteiger partial charge >= 0.3 is 12.1 Å². The van der Waals surface area contributed by atoms with Gasteiger partial charge in [0.2, 0.25) is 17.6 Å². The summed E-state index contributed by atoms with van der Waals surface area (Å²) in [6, 6.07) is 16.1. The van der Waals surface area contributed by atoms with Gasteiger partial charge in [-0.3, -0.25) is 14.5 Å². The fourth-order valence-corrected chi connectivity index (χ4v) is 9.40. The molecule has 3 aliphatic carbocycles. The largest absolute Gasteiger partial charge is 0.481 e. The number of methoxy groups -OCH3 is 2. The molecule has 14 heteroatoms. The molecule has 0 unspecified atom stereocenters. The van der Waals surface area contributed by atoms with E-state index in [2.05, 4.69) is 10.3 Å². The summed E-state index contributed by atoms with van der Waals surface area (Å²) in [5, 5.41) is 13.8. The second-order valence-corrected chi connectivity index (χ2v) is 15.7. The van der Waals surface area contributed by atoms with Gasteiger partial charge in [0.1, 0.15) is 23.0 Å². The normalized spacial score (nSPS) is 22.9. The van der Waals surface area contributed by atoms with E-state index >= 15 is 0 Å². The number of carbonyl (C=O) groups excluding carboxylic acids is 1. The Hall–Kier alpha value is -4.72. The Morgan fingerprint density at radius 1 is 0.964 bits per heavy atom. The minimum absolute atomic E-state index is 0.0358. The molecule has 2 aliphatic heterocycles. The smallest absolute Gasteiger partial charge is 0.421 e. The average Bonchev–Trinajstić information content (AvgIpc) is 3.95. The summed E-state index contributed by atoms with van der Waals surface area (Å²) in [6.45, 7) is 1.74. The van der Waals surface area contributed by atoms with Crippen LogP contribution in [-0.4, -0.2) is 64.6 Å². The number of rotatable bonds is 13. The van der Waals surface area contributed by atoms with Crippen LogP contribution in [-0.2, 0) is 35.3 Å². The highest BCUT2D eigenvalue weighted by atomic mass is 35.5. The van der Waals surface area contributed by atoms with Gasteiger partial charge in [0.05, 0.1) is 24.9 Å². The third kappa shape index (κ3) is 6.98. The number of carboxylic acids is 1. The van der Waals surface area contributed by atoms with Crippen LogP contribution < -0.4 is 19.5 Å². The number of alkyl halides is 3. The molecule has 4 heterocycles. The first kappa shape index (κ1) is 38.2. The minimum atomic E-state index is -4.79. The first-order valence-electron chi connectivity index (χ1n) is 18.9. The van der Waals surface area contributed by atoms with Crippen LogP contribution >= 0.6 is 11.6 Å². The number of aliphatic carboxylic acids is 1. The number of benzene rings is 2. The second-order valence-electron chi connectivity index (χ2n) is 15.3. The molecule has 4 aromatic rings. The molecular weight excluding hydrogens is 749 g/mol. The van der Waals surface area contributed by atoms with E-state index in [9.17, 15) is 27.9 Å². The lowest BCUT2D eigenvalue weighted by molar-refractivity contribution is -0.153. The zero-order valence-corrected chi connectivity index (χ0v) is 31.8. The molecular formula is C42H42ClF3N4O6. The Morgan fingerprint density at radius 2 is 1.70 bits per heavy atom. The van der Waals surface area contributed by atoms with Crippen LogP contribution in [0.2, 0.25) is 5.02 Å². The number of pyridine rings is 2. The Balaban J connectivity index is 1.04. The Bertz CT molecular complexity index is 2190. The summed E-state index contributed by atoms with van der Waals surface area (Å²) < 4.78 is 61.1. The number of ketones is 1.